The summed E-state index contributed by atoms with van der Waals surface area (Å²) in [5, 5.41) is 5.73. The van der Waals surface area contributed by atoms with Gasteiger partial charge in [0.15, 0.2) is 11.5 Å². The molecule has 2 aromatic carbocycles. The Labute approximate surface area is 192 Å². The average Bonchev–Trinajstić information content (AvgIpc) is 3.33. The van der Waals surface area contributed by atoms with Gasteiger partial charge in [0.2, 0.25) is 0 Å². The minimum absolute atomic E-state index is 0. The molecule has 0 aliphatic carbocycles. The first-order valence-corrected chi connectivity index (χ1v) is 10.7. The Hall–Kier alpha value is -3.78. The second kappa shape index (κ2) is 10.0. The van der Waals surface area contributed by atoms with Crippen molar-refractivity contribution in [2.24, 2.45) is 0 Å². The number of hydrogen-bond donors (Lipinski definition) is 3. The molecule has 0 radical (unpaired) electrons. The van der Waals surface area contributed by atoms with Crippen LogP contribution in [-0.4, -0.2) is 52.9 Å². The van der Waals surface area contributed by atoms with E-state index < -0.39 is 5.91 Å². The van der Waals surface area contributed by atoms with Crippen LogP contribution in [0.3, 0.4) is 0 Å². The number of likely N-dealkylation sites (tertiary alicyclic amines) is 1. The Kier molecular flexibility index (Phi) is 6.72. The lowest BCUT2D eigenvalue weighted by Gasteiger charge is -2.14. The van der Waals surface area contributed by atoms with Gasteiger partial charge in [-0.05, 0) is 50.2 Å². The molecule has 0 saturated carbocycles. The molecule has 172 valence electrons. The predicted octanol–water partition coefficient (Wildman–Crippen LogP) is 3.79. The third-order valence-corrected chi connectivity index (χ3v) is 5.40. The summed E-state index contributed by atoms with van der Waals surface area (Å²) in [5.41, 5.74) is 8.39. The fourth-order valence-corrected chi connectivity index (χ4v) is 3.64. The molecule has 32 heavy (non-hydrogen) atoms. The first kappa shape index (κ1) is 21.5. The second-order valence-electron chi connectivity index (χ2n) is 7.69. The molecule has 0 atom stereocenters. The Morgan fingerprint density at radius 2 is 1.72 bits per heavy atom. The molecule has 3 aromatic rings. The van der Waals surface area contributed by atoms with E-state index in [0.717, 1.165) is 25.2 Å². The van der Waals surface area contributed by atoms with Gasteiger partial charge in [0.1, 0.15) is 0 Å². The normalized spacial score (nSPS) is 13.6. The van der Waals surface area contributed by atoms with Gasteiger partial charge in [-0.25, -0.2) is 9.97 Å². The van der Waals surface area contributed by atoms with E-state index in [1.54, 1.807) is 36.4 Å². The van der Waals surface area contributed by atoms with Crippen LogP contribution in [0.25, 0.3) is 11.3 Å². The highest BCUT2D eigenvalue weighted by Gasteiger charge is 2.16. The van der Waals surface area contributed by atoms with Crippen LogP contribution in [0, 0.1) is 0 Å². The van der Waals surface area contributed by atoms with E-state index in [1.807, 2.05) is 18.2 Å². The Morgan fingerprint density at radius 1 is 1.00 bits per heavy atom. The molecular weight excluding hydrogens is 404 g/mol. The van der Waals surface area contributed by atoms with E-state index in [-0.39, 0.29) is 23.1 Å². The maximum absolute atomic E-state index is 12.6. The van der Waals surface area contributed by atoms with Crippen molar-refractivity contribution in [2.75, 3.05) is 37.2 Å². The second-order valence-corrected chi connectivity index (χ2v) is 7.69. The van der Waals surface area contributed by atoms with Crippen LogP contribution < -0.4 is 16.4 Å². The van der Waals surface area contributed by atoms with Crippen LogP contribution in [-0.2, 0) is 0 Å². The van der Waals surface area contributed by atoms with E-state index >= 15 is 0 Å². The number of para-hydroxylation sites is 1. The number of anilines is 2. The summed E-state index contributed by atoms with van der Waals surface area (Å²) >= 11 is 0. The Bertz CT molecular complexity index is 1100. The molecule has 2 amide bonds. The van der Waals surface area contributed by atoms with Crippen molar-refractivity contribution >= 4 is 23.3 Å². The summed E-state index contributed by atoms with van der Waals surface area (Å²) in [6.45, 7) is 3.72. The highest BCUT2D eigenvalue weighted by molar-refractivity contribution is 6.06. The van der Waals surface area contributed by atoms with Crippen LogP contribution in [0.5, 0.6) is 0 Å². The number of carbonyl (C=O) groups excluding carboxylic acids is 2. The van der Waals surface area contributed by atoms with Crippen LogP contribution in [0.2, 0.25) is 0 Å². The number of carbonyl (C=O) groups is 2. The first-order valence-electron chi connectivity index (χ1n) is 10.7. The number of benzene rings is 2. The van der Waals surface area contributed by atoms with Crippen LogP contribution in [0.4, 0.5) is 11.5 Å². The molecule has 0 bridgehead atoms. The SMILES string of the molecule is Nc1ncc(-c2ccc(C(=O)NCCN3CCCC3)cc2)nc1C(=O)Nc1ccccc1.[HH].[HH].[HH].[HH]. The van der Waals surface area contributed by atoms with Gasteiger partial charge in [-0.3, -0.25) is 9.59 Å². The number of nitrogens with two attached hydrogens (primary N) is 1. The van der Waals surface area contributed by atoms with Gasteiger partial charge in [-0.15, -0.1) is 0 Å². The fraction of sp³-hybridized carbons (Fsp3) is 0.250. The first-order chi connectivity index (χ1) is 15.6. The molecule has 1 aromatic heterocycles. The van der Waals surface area contributed by atoms with Crippen molar-refractivity contribution in [1.29, 1.82) is 0 Å². The summed E-state index contributed by atoms with van der Waals surface area (Å²) in [7, 11) is 0. The molecule has 1 saturated heterocycles. The quantitative estimate of drug-likeness (QED) is 0.517. The van der Waals surface area contributed by atoms with Gasteiger partial charge in [0, 0.05) is 35.6 Å². The number of amides is 2. The number of nitrogens with one attached hydrogen (secondary N) is 2. The number of aromatic nitrogens is 2. The van der Waals surface area contributed by atoms with Gasteiger partial charge < -0.3 is 21.3 Å². The molecular formula is C24H34N6O2. The predicted molar refractivity (Wildman–Crippen MR) is 133 cm³/mol. The van der Waals surface area contributed by atoms with Crippen molar-refractivity contribution in [2.45, 2.75) is 12.8 Å². The molecule has 4 rings (SSSR count). The minimum atomic E-state index is -0.433. The fourth-order valence-electron chi connectivity index (χ4n) is 3.64. The molecule has 1 aliphatic rings. The largest absolute Gasteiger partial charge is 0.382 e. The van der Waals surface area contributed by atoms with Crippen molar-refractivity contribution in [3.05, 3.63) is 72.1 Å². The molecule has 0 spiro atoms. The van der Waals surface area contributed by atoms with E-state index in [1.165, 1.54) is 19.0 Å². The maximum Gasteiger partial charge on any atom is 0.278 e. The smallest absolute Gasteiger partial charge is 0.278 e. The van der Waals surface area contributed by atoms with Gasteiger partial charge in [-0.1, -0.05) is 30.3 Å². The summed E-state index contributed by atoms with van der Waals surface area (Å²) in [4.78, 5) is 35.9. The van der Waals surface area contributed by atoms with E-state index in [4.69, 9.17) is 5.73 Å². The average molecular weight is 439 g/mol. The maximum atomic E-state index is 12.6. The molecule has 1 fully saturated rings. The number of nitrogen functional groups attached to an aromatic ring is 1. The molecule has 4 N–H and O–H groups in total. The van der Waals surface area contributed by atoms with Crippen LogP contribution >= 0.6 is 0 Å². The highest BCUT2D eigenvalue weighted by Crippen LogP contribution is 2.20. The molecule has 8 heteroatoms. The molecule has 8 nitrogen and oxygen atoms in total. The molecule has 1 aliphatic heterocycles. The lowest BCUT2D eigenvalue weighted by atomic mass is 10.1. The van der Waals surface area contributed by atoms with Crippen molar-refractivity contribution in [1.82, 2.24) is 20.2 Å². The van der Waals surface area contributed by atoms with Crippen molar-refractivity contribution in [3.8, 4) is 11.3 Å². The van der Waals surface area contributed by atoms with E-state index in [2.05, 4.69) is 25.5 Å². The molecule has 2 heterocycles. The van der Waals surface area contributed by atoms with Gasteiger partial charge in [0.05, 0.1) is 11.9 Å². The van der Waals surface area contributed by atoms with Crippen molar-refractivity contribution in [3.63, 3.8) is 0 Å². The molecule has 0 unspecified atom stereocenters. The summed E-state index contributed by atoms with van der Waals surface area (Å²) in [6, 6.07) is 16.1. The summed E-state index contributed by atoms with van der Waals surface area (Å²) < 4.78 is 0. The third-order valence-electron chi connectivity index (χ3n) is 5.40. The zero-order chi connectivity index (χ0) is 22.3. The summed E-state index contributed by atoms with van der Waals surface area (Å²) in [5.74, 6) is -0.490. The lowest BCUT2D eigenvalue weighted by molar-refractivity contribution is 0.0949. The standard InChI is InChI=1S/C24H26N6O2.4H2/c25-22-21(24(32)28-19-6-2-1-3-7-19)29-20(16-27-22)17-8-10-18(11-9-17)23(31)26-12-15-30-13-4-5-14-30;;;;/h1-3,6-11,16H,4-5,12-15H2,(H2,25,27)(H,26,31)(H,28,32);4*1H. The van der Waals surface area contributed by atoms with Crippen molar-refractivity contribution < 1.29 is 15.3 Å². The number of hydrogen-bond acceptors (Lipinski definition) is 6. The Balaban J connectivity index is 0.00000306. The zero-order valence-electron chi connectivity index (χ0n) is 17.8. The van der Waals surface area contributed by atoms with E-state index in [9.17, 15) is 9.59 Å². The summed E-state index contributed by atoms with van der Waals surface area (Å²) in [6.07, 6.45) is 3.98. The lowest BCUT2D eigenvalue weighted by Crippen LogP contribution is -2.33. The van der Waals surface area contributed by atoms with Crippen LogP contribution in [0.15, 0.2) is 60.8 Å². The highest BCUT2D eigenvalue weighted by atomic mass is 16.2. The van der Waals surface area contributed by atoms with Gasteiger partial charge >= 0.3 is 0 Å². The third kappa shape index (κ3) is 5.28. The van der Waals surface area contributed by atoms with Gasteiger partial charge in [0.25, 0.3) is 11.8 Å². The van der Waals surface area contributed by atoms with Crippen LogP contribution in [0.1, 0.15) is 39.4 Å². The van der Waals surface area contributed by atoms with Gasteiger partial charge in [-0.2, -0.15) is 0 Å². The zero-order valence-corrected chi connectivity index (χ0v) is 17.8. The Morgan fingerprint density at radius 3 is 2.44 bits per heavy atom. The number of rotatable bonds is 7. The monoisotopic (exact) mass is 438 g/mol. The van der Waals surface area contributed by atoms with E-state index in [0.29, 0.717) is 23.5 Å². The minimum Gasteiger partial charge on any atom is -0.382 e. The topological polar surface area (TPSA) is 113 Å². The number of nitrogens with zero attached hydrogens (tertiary/aromatic N) is 3.